The average Bonchev–Trinajstić information content (AvgIpc) is 2.23. The van der Waals surface area contributed by atoms with Gasteiger partial charge in [0.05, 0.1) is 0 Å². The molecule has 0 amide bonds. The second-order valence-corrected chi connectivity index (χ2v) is 5.53. The number of rotatable bonds is 5. The predicted octanol–water partition coefficient (Wildman–Crippen LogP) is 3.59. The zero-order valence-corrected chi connectivity index (χ0v) is 10.5. The van der Waals surface area contributed by atoms with E-state index < -0.39 is 12.6 Å². The Labute approximate surface area is 99.6 Å². The van der Waals surface area contributed by atoms with Crippen molar-refractivity contribution < 1.29 is 13.2 Å². The Morgan fingerprint density at radius 1 is 1.31 bits per heavy atom. The smallest absolute Gasteiger partial charge is 0.314 e. The van der Waals surface area contributed by atoms with Crippen LogP contribution in [0.1, 0.15) is 38.5 Å². The zero-order valence-electron chi connectivity index (χ0n) is 9.65. The maximum atomic E-state index is 11.9. The van der Waals surface area contributed by atoms with E-state index in [1.54, 1.807) is 0 Å². The van der Waals surface area contributed by atoms with Gasteiger partial charge in [0.2, 0.25) is 0 Å². The molecule has 0 bridgehead atoms. The van der Waals surface area contributed by atoms with Crippen LogP contribution in [0, 0.1) is 0 Å². The molecule has 1 N–H and O–H groups in total. The van der Waals surface area contributed by atoms with Crippen molar-refractivity contribution in [3.05, 3.63) is 0 Å². The quantitative estimate of drug-likeness (QED) is 0.753. The molecular weight excluding hydrogens is 235 g/mol. The van der Waals surface area contributed by atoms with Gasteiger partial charge in [0, 0.05) is 17.7 Å². The minimum Gasteiger partial charge on any atom is -0.314 e. The normalized spacial score (nSPS) is 27.0. The van der Waals surface area contributed by atoms with Crippen molar-refractivity contribution in [1.29, 1.82) is 0 Å². The van der Waals surface area contributed by atoms with Gasteiger partial charge in [-0.2, -0.15) is 24.9 Å². The first-order chi connectivity index (χ1) is 7.51. The summed E-state index contributed by atoms with van der Waals surface area (Å²) < 4.78 is 35.7. The third-order valence-corrected chi connectivity index (χ3v) is 4.12. The van der Waals surface area contributed by atoms with E-state index in [9.17, 15) is 13.2 Å². The minimum absolute atomic E-state index is 0.198. The monoisotopic (exact) mass is 255 g/mol. The fourth-order valence-corrected chi connectivity index (χ4v) is 2.97. The fraction of sp³-hybridized carbons (Fsp3) is 1.00. The Bertz CT molecular complexity index is 196. The molecule has 2 atom stereocenters. The largest absolute Gasteiger partial charge is 0.389 e. The van der Waals surface area contributed by atoms with Crippen LogP contribution in [0.15, 0.2) is 0 Å². The van der Waals surface area contributed by atoms with Crippen molar-refractivity contribution in [2.24, 2.45) is 0 Å². The van der Waals surface area contributed by atoms with Crippen LogP contribution in [0.4, 0.5) is 13.2 Å². The van der Waals surface area contributed by atoms with Crippen LogP contribution in [-0.4, -0.2) is 30.3 Å². The highest BCUT2D eigenvalue weighted by Crippen LogP contribution is 2.27. The van der Waals surface area contributed by atoms with Crippen LogP contribution >= 0.6 is 11.8 Å². The zero-order chi connectivity index (χ0) is 12.0. The van der Waals surface area contributed by atoms with Crippen molar-refractivity contribution in [2.45, 2.75) is 56.0 Å². The van der Waals surface area contributed by atoms with Gasteiger partial charge in [0.25, 0.3) is 0 Å². The molecule has 0 aromatic carbocycles. The van der Waals surface area contributed by atoms with Crippen LogP contribution in [-0.2, 0) is 0 Å². The molecule has 1 fully saturated rings. The minimum atomic E-state index is -4.00. The van der Waals surface area contributed by atoms with E-state index in [1.807, 2.05) is 11.8 Å². The summed E-state index contributed by atoms with van der Waals surface area (Å²) in [7, 11) is 0. The number of hydrogen-bond donors (Lipinski definition) is 1. The number of thioether (sulfide) groups is 1. The summed E-state index contributed by atoms with van der Waals surface area (Å²) in [6.45, 7) is 0.491. The molecule has 2 unspecified atom stereocenters. The maximum absolute atomic E-state index is 11.9. The summed E-state index contributed by atoms with van der Waals surface area (Å²) in [5, 5.41) is 3.93. The Hall–Kier alpha value is 0.100. The van der Waals surface area contributed by atoms with Gasteiger partial charge in [-0.05, 0) is 38.5 Å². The van der Waals surface area contributed by atoms with Gasteiger partial charge in [-0.25, -0.2) is 0 Å². The van der Waals surface area contributed by atoms with Gasteiger partial charge in [-0.3, -0.25) is 0 Å². The van der Waals surface area contributed by atoms with Gasteiger partial charge >= 0.3 is 6.18 Å². The van der Waals surface area contributed by atoms with Crippen molar-refractivity contribution in [2.75, 3.05) is 12.8 Å². The molecule has 1 aliphatic rings. The molecule has 1 rings (SSSR count). The Kier molecular flexibility index (Phi) is 5.97. The van der Waals surface area contributed by atoms with Crippen LogP contribution in [0.5, 0.6) is 0 Å². The molecule has 1 nitrogen and oxygen atoms in total. The Morgan fingerprint density at radius 3 is 2.69 bits per heavy atom. The summed E-state index contributed by atoms with van der Waals surface area (Å²) in [6.07, 6.45) is 2.30. The SMILES string of the molecule is CSC1CCCC(NCCCC(F)(F)F)C1. The topological polar surface area (TPSA) is 12.0 Å². The molecule has 0 spiro atoms. The molecule has 0 heterocycles. The van der Waals surface area contributed by atoms with Crippen LogP contribution in [0.3, 0.4) is 0 Å². The van der Waals surface area contributed by atoms with Crippen LogP contribution in [0.2, 0.25) is 0 Å². The summed E-state index contributed by atoms with van der Waals surface area (Å²) in [5.74, 6) is 0. The van der Waals surface area contributed by atoms with Crippen molar-refractivity contribution in [3.63, 3.8) is 0 Å². The standard InChI is InChI=1S/C11H20F3NS/c1-16-10-5-2-4-9(8-10)15-7-3-6-11(12,13)14/h9-10,15H,2-8H2,1H3. The molecule has 0 aromatic heterocycles. The number of nitrogens with one attached hydrogen (secondary N) is 1. The van der Waals surface area contributed by atoms with Gasteiger partial charge in [-0.1, -0.05) is 6.42 Å². The lowest BCUT2D eigenvalue weighted by molar-refractivity contribution is -0.135. The van der Waals surface area contributed by atoms with Crippen LogP contribution in [0.25, 0.3) is 0 Å². The lowest BCUT2D eigenvalue weighted by atomic mass is 9.95. The summed E-state index contributed by atoms with van der Waals surface area (Å²) >= 11 is 1.87. The predicted molar refractivity (Wildman–Crippen MR) is 62.9 cm³/mol. The van der Waals surface area contributed by atoms with E-state index >= 15 is 0 Å². The maximum Gasteiger partial charge on any atom is 0.389 e. The molecule has 5 heteroatoms. The third-order valence-electron chi connectivity index (χ3n) is 3.03. The molecule has 0 radical (unpaired) electrons. The second-order valence-electron chi connectivity index (χ2n) is 4.39. The highest BCUT2D eigenvalue weighted by molar-refractivity contribution is 7.99. The summed E-state index contributed by atoms with van der Waals surface area (Å²) in [4.78, 5) is 0. The number of halogens is 3. The first-order valence-electron chi connectivity index (χ1n) is 5.84. The van der Waals surface area contributed by atoms with Gasteiger partial charge in [-0.15, -0.1) is 0 Å². The summed E-state index contributed by atoms with van der Waals surface area (Å²) in [5.41, 5.74) is 0. The lowest BCUT2D eigenvalue weighted by Gasteiger charge is -2.28. The molecule has 16 heavy (non-hydrogen) atoms. The molecule has 0 aromatic rings. The Morgan fingerprint density at radius 2 is 2.06 bits per heavy atom. The molecule has 1 aliphatic carbocycles. The lowest BCUT2D eigenvalue weighted by Crippen LogP contribution is -2.35. The molecule has 96 valence electrons. The van der Waals surface area contributed by atoms with Gasteiger partial charge in [0.1, 0.15) is 0 Å². The third kappa shape index (κ3) is 5.99. The first kappa shape index (κ1) is 14.2. The highest BCUT2D eigenvalue weighted by Gasteiger charge is 2.26. The second kappa shape index (κ2) is 6.74. The number of alkyl halides is 3. The highest BCUT2D eigenvalue weighted by atomic mass is 32.2. The average molecular weight is 255 g/mol. The molecule has 0 saturated heterocycles. The molecular formula is C11H20F3NS. The van der Waals surface area contributed by atoms with E-state index in [-0.39, 0.29) is 6.42 Å². The molecule has 1 saturated carbocycles. The van der Waals surface area contributed by atoms with Crippen LogP contribution < -0.4 is 5.32 Å². The van der Waals surface area contributed by atoms with Crippen molar-refractivity contribution >= 4 is 11.8 Å². The van der Waals surface area contributed by atoms with E-state index in [1.165, 1.54) is 12.8 Å². The van der Waals surface area contributed by atoms with E-state index in [0.717, 1.165) is 12.8 Å². The molecule has 0 aliphatic heterocycles. The number of hydrogen-bond acceptors (Lipinski definition) is 2. The van der Waals surface area contributed by atoms with E-state index in [4.69, 9.17) is 0 Å². The summed E-state index contributed by atoms with van der Waals surface area (Å²) in [6, 6.07) is 0.430. The van der Waals surface area contributed by atoms with Crippen molar-refractivity contribution in [1.82, 2.24) is 5.32 Å². The van der Waals surface area contributed by atoms with E-state index in [2.05, 4.69) is 11.6 Å². The van der Waals surface area contributed by atoms with E-state index in [0.29, 0.717) is 17.8 Å². The van der Waals surface area contributed by atoms with Gasteiger partial charge < -0.3 is 5.32 Å². The fourth-order valence-electron chi connectivity index (χ4n) is 2.14. The van der Waals surface area contributed by atoms with Gasteiger partial charge in [0.15, 0.2) is 0 Å². The van der Waals surface area contributed by atoms with Crippen molar-refractivity contribution in [3.8, 4) is 0 Å². The Balaban J connectivity index is 2.08. The first-order valence-corrected chi connectivity index (χ1v) is 7.13.